The lowest BCUT2D eigenvalue weighted by Crippen LogP contribution is -2.50. The monoisotopic (exact) mass is 320 g/mol. The minimum absolute atomic E-state index is 0.0138. The zero-order valence-electron chi connectivity index (χ0n) is 12.4. The molecule has 3 rings (SSSR count). The van der Waals surface area contributed by atoms with Gasteiger partial charge in [0, 0.05) is 36.6 Å². The highest BCUT2D eigenvalue weighted by Gasteiger charge is 2.41. The molecule has 0 spiro atoms. The molecule has 0 saturated carbocycles. The SMILES string of the molecule is C=CCNC(=O)N1CCC2NNC(c3ccc(Cl)cc3)C2C1. The minimum atomic E-state index is -0.0138. The van der Waals surface area contributed by atoms with Crippen LogP contribution in [0, 0.1) is 5.92 Å². The largest absolute Gasteiger partial charge is 0.335 e. The maximum atomic E-state index is 12.1. The molecular formula is C16H21ClN4O. The number of fused-ring (bicyclic) bond motifs is 1. The number of amides is 2. The molecule has 0 radical (unpaired) electrons. The van der Waals surface area contributed by atoms with E-state index >= 15 is 0 Å². The third kappa shape index (κ3) is 3.11. The number of piperidine rings is 1. The van der Waals surface area contributed by atoms with Crippen molar-refractivity contribution in [3.05, 3.63) is 47.5 Å². The van der Waals surface area contributed by atoms with Crippen LogP contribution in [0.5, 0.6) is 0 Å². The van der Waals surface area contributed by atoms with Gasteiger partial charge in [-0.05, 0) is 24.1 Å². The normalized spacial score (nSPS) is 27.3. The van der Waals surface area contributed by atoms with Crippen LogP contribution in [0.3, 0.4) is 0 Å². The molecule has 3 N–H and O–H groups in total. The molecule has 2 fully saturated rings. The Bertz CT molecular complexity index is 548. The van der Waals surface area contributed by atoms with E-state index in [2.05, 4.69) is 22.7 Å². The van der Waals surface area contributed by atoms with Crippen molar-refractivity contribution in [2.45, 2.75) is 18.5 Å². The van der Waals surface area contributed by atoms with Gasteiger partial charge in [0.1, 0.15) is 0 Å². The van der Waals surface area contributed by atoms with E-state index in [4.69, 9.17) is 11.6 Å². The zero-order chi connectivity index (χ0) is 15.5. The molecule has 22 heavy (non-hydrogen) atoms. The summed E-state index contributed by atoms with van der Waals surface area (Å²) in [5.41, 5.74) is 7.93. The molecule has 2 aliphatic rings. The number of likely N-dealkylation sites (tertiary alicyclic amines) is 1. The van der Waals surface area contributed by atoms with Crippen LogP contribution in [0.4, 0.5) is 4.79 Å². The predicted molar refractivity (Wildman–Crippen MR) is 87.5 cm³/mol. The number of carbonyl (C=O) groups is 1. The first-order valence-electron chi connectivity index (χ1n) is 7.59. The molecule has 118 valence electrons. The van der Waals surface area contributed by atoms with E-state index < -0.39 is 0 Å². The molecule has 2 heterocycles. The lowest BCUT2D eigenvalue weighted by molar-refractivity contribution is 0.155. The van der Waals surface area contributed by atoms with Crippen molar-refractivity contribution in [3.8, 4) is 0 Å². The van der Waals surface area contributed by atoms with Crippen LogP contribution in [0.15, 0.2) is 36.9 Å². The van der Waals surface area contributed by atoms with Gasteiger partial charge in [0.2, 0.25) is 0 Å². The van der Waals surface area contributed by atoms with Gasteiger partial charge in [-0.2, -0.15) is 0 Å². The average Bonchev–Trinajstić information content (AvgIpc) is 2.96. The number of urea groups is 1. The van der Waals surface area contributed by atoms with E-state index in [9.17, 15) is 4.79 Å². The van der Waals surface area contributed by atoms with Crippen molar-refractivity contribution in [3.63, 3.8) is 0 Å². The topological polar surface area (TPSA) is 56.4 Å². The first kappa shape index (κ1) is 15.3. The van der Waals surface area contributed by atoms with Gasteiger partial charge in [-0.3, -0.25) is 5.43 Å². The number of nitrogens with zero attached hydrogens (tertiary/aromatic N) is 1. The van der Waals surface area contributed by atoms with Crippen LogP contribution in [-0.4, -0.2) is 36.6 Å². The van der Waals surface area contributed by atoms with Crippen molar-refractivity contribution in [1.29, 1.82) is 0 Å². The lowest BCUT2D eigenvalue weighted by Gasteiger charge is -2.36. The quantitative estimate of drug-likeness (QED) is 0.747. The summed E-state index contributed by atoms with van der Waals surface area (Å²) < 4.78 is 0. The highest BCUT2D eigenvalue weighted by molar-refractivity contribution is 6.30. The maximum absolute atomic E-state index is 12.1. The van der Waals surface area contributed by atoms with Gasteiger partial charge < -0.3 is 10.2 Å². The van der Waals surface area contributed by atoms with Crippen molar-refractivity contribution < 1.29 is 4.79 Å². The Balaban J connectivity index is 1.70. The molecule has 1 aromatic rings. The summed E-state index contributed by atoms with van der Waals surface area (Å²) in [7, 11) is 0. The number of nitrogens with one attached hydrogen (secondary N) is 3. The van der Waals surface area contributed by atoms with Crippen LogP contribution in [0.25, 0.3) is 0 Å². The van der Waals surface area contributed by atoms with Crippen molar-refractivity contribution in [2.24, 2.45) is 5.92 Å². The van der Waals surface area contributed by atoms with Crippen molar-refractivity contribution in [1.82, 2.24) is 21.1 Å². The molecule has 2 aliphatic heterocycles. The highest BCUT2D eigenvalue weighted by Crippen LogP contribution is 2.34. The second kappa shape index (κ2) is 6.69. The number of hydrogen-bond donors (Lipinski definition) is 3. The summed E-state index contributed by atoms with van der Waals surface area (Å²) in [6.07, 6.45) is 2.64. The fourth-order valence-corrected chi connectivity index (χ4v) is 3.39. The molecule has 2 saturated heterocycles. The fourth-order valence-electron chi connectivity index (χ4n) is 3.26. The van der Waals surface area contributed by atoms with Gasteiger partial charge in [0.25, 0.3) is 0 Å². The summed E-state index contributed by atoms with van der Waals surface area (Å²) in [6.45, 7) is 5.63. The van der Waals surface area contributed by atoms with Crippen LogP contribution < -0.4 is 16.2 Å². The number of rotatable bonds is 3. The molecule has 1 aromatic carbocycles. The van der Waals surface area contributed by atoms with Gasteiger partial charge in [0.15, 0.2) is 0 Å². The summed E-state index contributed by atoms with van der Waals surface area (Å²) in [5.74, 6) is 0.351. The molecule has 5 nitrogen and oxygen atoms in total. The smallest absolute Gasteiger partial charge is 0.317 e. The second-order valence-corrected chi connectivity index (χ2v) is 6.23. The standard InChI is InChI=1S/C16H21ClN4O/c1-2-8-18-16(22)21-9-7-14-13(10-21)15(20-19-14)11-3-5-12(17)6-4-11/h2-6,13-15,19-20H,1,7-10H2,(H,18,22). The van der Waals surface area contributed by atoms with Gasteiger partial charge in [-0.15, -0.1) is 6.58 Å². The first-order valence-corrected chi connectivity index (χ1v) is 7.97. The molecule has 3 atom stereocenters. The molecule has 0 aromatic heterocycles. The van der Waals surface area contributed by atoms with Crippen LogP contribution >= 0.6 is 11.6 Å². The Labute approximate surface area is 135 Å². The number of benzene rings is 1. The van der Waals surface area contributed by atoms with Crippen molar-refractivity contribution in [2.75, 3.05) is 19.6 Å². The molecule has 3 unspecified atom stereocenters. The molecule has 0 aliphatic carbocycles. The van der Waals surface area contributed by atoms with Crippen LogP contribution in [-0.2, 0) is 0 Å². The molecule has 2 amide bonds. The highest BCUT2D eigenvalue weighted by atomic mass is 35.5. The van der Waals surface area contributed by atoms with Gasteiger partial charge in [-0.1, -0.05) is 29.8 Å². The molecule has 6 heteroatoms. The van der Waals surface area contributed by atoms with E-state index in [1.807, 2.05) is 29.2 Å². The maximum Gasteiger partial charge on any atom is 0.317 e. The van der Waals surface area contributed by atoms with Crippen molar-refractivity contribution >= 4 is 17.6 Å². The number of hydrazine groups is 1. The zero-order valence-corrected chi connectivity index (χ0v) is 13.1. The van der Waals surface area contributed by atoms with E-state index in [-0.39, 0.29) is 12.1 Å². The van der Waals surface area contributed by atoms with Gasteiger partial charge >= 0.3 is 6.03 Å². The Morgan fingerprint density at radius 2 is 2.18 bits per heavy atom. The Hall–Kier alpha value is -1.56. The summed E-state index contributed by atoms with van der Waals surface area (Å²) in [4.78, 5) is 14.0. The first-order chi connectivity index (χ1) is 10.7. The van der Waals surface area contributed by atoms with E-state index in [1.165, 1.54) is 5.56 Å². The van der Waals surface area contributed by atoms with Crippen LogP contribution in [0.2, 0.25) is 5.02 Å². The number of carbonyl (C=O) groups excluding carboxylic acids is 1. The number of hydrogen-bond acceptors (Lipinski definition) is 3. The third-order valence-electron chi connectivity index (χ3n) is 4.42. The predicted octanol–water partition coefficient (Wildman–Crippen LogP) is 2.08. The summed E-state index contributed by atoms with van der Waals surface area (Å²) in [6, 6.07) is 8.47. The summed E-state index contributed by atoms with van der Waals surface area (Å²) >= 11 is 5.96. The average molecular weight is 321 g/mol. The molecule has 0 bridgehead atoms. The fraction of sp³-hybridized carbons (Fsp3) is 0.438. The lowest BCUT2D eigenvalue weighted by atomic mass is 9.85. The molecular weight excluding hydrogens is 300 g/mol. The van der Waals surface area contributed by atoms with E-state index in [1.54, 1.807) is 6.08 Å². The second-order valence-electron chi connectivity index (χ2n) is 5.80. The van der Waals surface area contributed by atoms with Crippen LogP contribution in [0.1, 0.15) is 18.0 Å². The Morgan fingerprint density at radius 1 is 1.41 bits per heavy atom. The minimum Gasteiger partial charge on any atom is -0.335 e. The van der Waals surface area contributed by atoms with E-state index in [0.29, 0.717) is 18.5 Å². The van der Waals surface area contributed by atoms with Gasteiger partial charge in [0.05, 0.1) is 6.04 Å². The van der Waals surface area contributed by atoms with E-state index in [0.717, 1.165) is 24.5 Å². The Kier molecular flexibility index (Phi) is 4.66. The number of halogens is 1. The Morgan fingerprint density at radius 3 is 2.91 bits per heavy atom. The van der Waals surface area contributed by atoms with Gasteiger partial charge in [-0.25, -0.2) is 10.2 Å². The third-order valence-corrected chi connectivity index (χ3v) is 4.68. The summed E-state index contributed by atoms with van der Waals surface area (Å²) in [5, 5.41) is 3.59.